The molecule has 0 atom stereocenters. The summed E-state index contributed by atoms with van der Waals surface area (Å²) < 4.78 is 24.8. The second kappa shape index (κ2) is 9.04. The fourth-order valence-corrected chi connectivity index (χ4v) is 5.22. The van der Waals surface area contributed by atoms with Crippen molar-refractivity contribution in [3.05, 3.63) is 29.3 Å². The van der Waals surface area contributed by atoms with Crippen LogP contribution in [-0.4, -0.2) is 38.7 Å². The summed E-state index contributed by atoms with van der Waals surface area (Å²) in [5, 5.41) is 6.36. The molecule has 0 aromatic heterocycles. The summed E-state index contributed by atoms with van der Waals surface area (Å²) in [6.07, 6.45) is 2.22. The summed E-state index contributed by atoms with van der Waals surface area (Å²) in [4.78, 5) is 12.8. The summed E-state index contributed by atoms with van der Waals surface area (Å²) in [5.41, 5.74) is 0. The highest BCUT2D eigenvalue weighted by molar-refractivity contribution is 7.93. The Hall–Kier alpha value is -0.820. The van der Waals surface area contributed by atoms with E-state index in [0.29, 0.717) is 31.0 Å². The maximum atomic E-state index is 13.1. The lowest BCUT2D eigenvalue weighted by atomic mass is 10.1. The van der Waals surface area contributed by atoms with Gasteiger partial charge in [0.15, 0.2) is 14.6 Å². The number of nitrogens with one attached hydrogen (secondary N) is 2. The predicted molar refractivity (Wildman–Crippen MR) is 98.6 cm³/mol. The Kier molecular flexibility index (Phi) is 7.99. The quantitative estimate of drug-likeness (QED) is 0.696. The molecule has 1 fully saturated rings. The molecule has 5 nitrogen and oxygen atoms in total. The fourth-order valence-electron chi connectivity index (χ4n) is 3.01. The van der Waals surface area contributed by atoms with E-state index in [-0.39, 0.29) is 23.2 Å². The zero-order valence-electron chi connectivity index (χ0n) is 13.7. The lowest BCUT2D eigenvalue weighted by molar-refractivity contribution is -0.123. The topological polar surface area (TPSA) is 75.3 Å². The van der Waals surface area contributed by atoms with E-state index in [1.54, 1.807) is 12.1 Å². The molecule has 136 valence electrons. The average molecular weight is 395 g/mol. The summed E-state index contributed by atoms with van der Waals surface area (Å²) in [6, 6.07) is 6.04. The van der Waals surface area contributed by atoms with Crippen LogP contribution in [0.2, 0.25) is 5.02 Å². The monoisotopic (exact) mass is 394 g/mol. The number of amides is 1. The number of carbonyl (C=O) groups excluding carboxylic acids is 1. The molecule has 2 rings (SSSR count). The SMILES string of the molecule is CCNCCNC(=O)C1(S(=O)(=O)c2ccc(Cl)cc2)CCCC1.Cl. The molecule has 1 aliphatic rings. The average Bonchev–Trinajstić information content (AvgIpc) is 3.03. The Morgan fingerprint density at radius 3 is 2.29 bits per heavy atom. The van der Waals surface area contributed by atoms with Crippen molar-refractivity contribution in [3.63, 3.8) is 0 Å². The van der Waals surface area contributed by atoms with Crippen molar-refractivity contribution in [3.8, 4) is 0 Å². The lowest BCUT2D eigenvalue weighted by Crippen LogP contribution is -2.51. The van der Waals surface area contributed by atoms with Crippen LogP contribution in [0.4, 0.5) is 0 Å². The number of sulfone groups is 1. The molecule has 0 unspecified atom stereocenters. The standard InChI is InChI=1S/C16H23ClN2O3S.ClH/c1-2-18-11-12-19-15(20)16(9-3-4-10-16)23(21,22)14-7-5-13(17)6-8-14;/h5-8,18H,2-4,9-12H2,1H3,(H,19,20);1H. The smallest absolute Gasteiger partial charge is 0.241 e. The summed E-state index contributed by atoms with van der Waals surface area (Å²) in [6.45, 7) is 3.83. The van der Waals surface area contributed by atoms with Crippen molar-refractivity contribution < 1.29 is 13.2 Å². The van der Waals surface area contributed by atoms with E-state index in [2.05, 4.69) is 10.6 Å². The number of carbonyl (C=O) groups is 1. The van der Waals surface area contributed by atoms with Crippen LogP contribution in [0.15, 0.2) is 29.2 Å². The van der Waals surface area contributed by atoms with Crippen LogP contribution in [0.1, 0.15) is 32.6 Å². The molecule has 1 aliphatic carbocycles. The van der Waals surface area contributed by atoms with Gasteiger partial charge in [-0.05, 0) is 43.7 Å². The van der Waals surface area contributed by atoms with Crippen molar-refractivity contribution in [1.82, 2.24) is 10.6 Å². The highest BCUT2D eigenvalue weighted by Crippen LogP contribution is 2.40. The van der Waals surface area contributed by atoms with Crippen LogP contribution in [0.25, 0.3) is 0 Å². The van der Waals surface area contributed by atoms with Crippen molar-refractivity contribution in [2.24, 2.45) is 0 Å². The van der Waals surface area contributed by atoms with Crippen LogP contribution < -0.4 is 10.6 Å². The van der Waals surface area contributed by atoms with Crippen molar-refractivity contribution in [2.45, 2.75) is 42.2 Å². The molecule has 0 saturated heterocycles. The summed E-state index contributed by atoms with van der Waals surface area (Å²) in [7, 11) is -3.75. The van der Waals surface area contributed by atoms with Crippen LogP contribution >= 0.6 is 24.0 Å². The van der Waals surface area contributed by atoms with E-state index in [4.69, 9.17) is 11.6 Å². The van der Waals surface area contributed by atoms with Gasteiger partial charge in [-0.1, -0.05) is 31.4 Å². The first-order valence-corrected chi connectivity index (χ1v) is 9.79. The van der Waals surface area contributed by atoms with Gasteiger partial charge < -0.3 is 10.6 Å². The van der Waals surface area contributed by atoms with Gasteiger partial charge in [-0.25, -0.2) is 8.42 Å². The minimum Gasteiger partial charge on any atom is -0.353 e. The second-order valence-corrected chi connectivity index (χ2v) is 8.46. The molecule has 2 N–H and O–H groups in total. The summed E-state index contributed by atoms with van der Waals surface area (Å²) in [5.74, 6) is -0.386. The van der Waals surface area contributed by atoms with E-state index in [9.17, 15) is 13.2 Å². The third kappa shape index (κ3) is 4.23. The number of benzene rings is 1. The Balaban J connectivity index is 0.00000288. The molecular weight excluding hydrogens is 371 g/mol. The maximum Gasteiger partial charge on any atom is 0.241 e. The minimum atomic E-state index is -3.75. The van der Waals surface area contributed by atoms with Gasteiger partial charge in [0.1, 0.15) is 0 Å². The third-order valence-electron chi connectivity index (χ3n) is 4.30. The summed E-state index contributed by atoms with van der Waals surface area (Å²) >= 11 is 5.84. The van der Waals surface area contributed by atoms with Gasteiger partial charge >= 0.3 is 0 Å². The van der Waals surface area contributed by atoms with E-state index in [1.165, 1.54) is 12.1 Å². The molecule has 1 amide bonds. The molecule has 1 saturated carbocycles. The zero-order valence-corrected chi connectivity index (χ0v) is 16.1. The largest absolute Gasteiger partial charge is 0.353 e. The first-order chi connectivity index (χ1) is 10.9. The molecule has 0 aliphatic heterocycles. The Labute approximate surface area is 154 Å². The Bertz CT molecular complexity index is 642. The van der Waals surface area contributed by atoms with E-state index in [0.717, 1.165) is 19.4 Å². The Morgan fingerprint density at radius 2 is 1.75 bits per heavy atom. The molecular formula is C16H24Cl2N2O3S. The molecule has 0 bridgehead atoms. The third-order valence-corrected chi connectivity index (χ3v) is 7.07. The predicted octanol–water partition coefficient (Wildman–Crippen LogP) is 2.57. The van der Waals surface area contributed by atoms with Crippen LogP contribution in [-0.2, 0) is 14.6 Å². The number of halogens is 2. The molecule has 0 spiro atoms. The highest BCUT2D eigenvalue weighted by Gasteiger charge is 2.52. The molecule has 1 aromatic rings. The normalized spacial score (nSPS) is 16.4. The zero-order chi connectivity index (χ0) is 16.9. The molecule has 0 radical (unpaired) electrons. The van der Waals surface area contributed by atoms with Crippen molar-refractivity contribution in [1.29, 1.82) is 0 Å². The van der Waals surface area contributed by atoms with E-state index >= 15 is 0 Å². The van der Waals surface area contributed by atoms with Crippen LogP contribution in [0.3, 0.4) is 0 Å². The number of hydrogen-bond donors (Lipinski definition) is 2. The van der Waals surface area contributed by atoms with Gasteiger partial charge in [-0.3, -0.25) is 4.79 Å². The molecule has 0 heterocycles. The number of likely N-dealkylation sites (N-methyl/N-ethyl adjacent to an activating group) is 1. The number of hydrogen-bond acceptors (Lipinski definition) is 4. The van der Waals surface area contributed by atoms with Gasteiger partial charge in [-0.2, -0.15) is 0 Å². The maximum absolute atomic E-state index is 13.1. The van der Waals surface area contributed by atoms with Crippen molar-refractivity contribution in [2.75, 3.05) is 19.6 Å². The van der Waals surface area contributed by atoms with Gasteiger partial charge in [-0.15, -0.1) is 12.4 Å². The van der Waals surface area contributed by atoms with Gasteiger partial charge in [0.05, 0.1) is 4.90 Å². The van der Waals surface area contributed by atoms with Crippen LogP contribution in [0, 0.1) is 0 Å². The fraction of sp³-hybridized carbons (Fsp3) is 0.562. The first kappa shape index (κ1) is 21.2. The van der Waals surface area contributed by atoms with Gasteiger partial charge in [0.2, 0.25) is 5.91 Å². The minimum absolute atomic E-state index is 0. The van der Waals surface area contributed by atoms with Crippen LogP contribution in [0.5, 0.6) is 0 Å². The number of rotatable bonds is 7. The van der Waals surface area contributed by atoms with E-state index in [1.807, 2.05) is 6.92 Å². The Morgan fingerprint density at radius 1 is 1.17 bits per heavy atom. The lowest BCUT2D eigenvalue weighted by Gasteiger charge is -2.27. The van der Waals surface area contributed by atoms with Crippen molar-refractivity contribution >= 4 is 39.8 Å². The van der Waals surface area contributed by atoms with Gasteiger partial charge in [0.25, 0.3) is 0 Å². The molecule has 24 heavy (non-hydrogen) atoms. The molecule has 8 heteroatoms. The molecule has 1 aromatic carbocycles. The first-order valence-electron chi connectivity index (χ1n) is 7.93. The van der Waals surface area contributed by atoms with Gasteiger partial charge in [0, 0.05) is 18.1 Å². The second-order valence-electron chi connectivity index (χ2n) is 5.77. The highest BCUT2D eigenvalue weighted by atomic mass is 35.5. The van der Waals surface area contributed by atoms with E-state index < -0.39 is 14.6 Å².